The molecule has 4 N–H and O–H groups in total. The number of hydrogen-bond acceptors (Lipinski definition) is 10. The zero-order chi connectivity index (χ0) is 52.1. The lowest BCUT2D eigenvalue weighted by Gasteiger charge is -2.39. The number of nitrogens with zero attached hydrogens (tertiary/aromatic N) is 3. The van der Waals surface area contributed by atoms with Crippen LogP contribution < -0.4 is 21.3 Å². The zero-order valence-electron chi connectivity index (χ0n) is 43.1. The molecule has 1 fully saturated rings. The third-order valence-corrected chi connectivity index (χ3v) is 12.0. The van der Waals surface area contributed by atoms with E-state index in [-0.39, 0.29) is 25.3 Å². The molecule has 6 amide bonds. The standard InChI is InChI=1S/C55H73N7O9/c1-36(57-51(67)71-55(8,9)10)49(65)70-44(34-41(58-47(63)45(53(2,3)4)60-50(66)69-11)32-38-25-27-40(28-26-38)42-24-18-19-29-56-42)43(33-37-20-14-12-15-21-37)59-48(64)46(54(5,6)7)62-31-30-61(52(62)68)35-39-22-16-13-17-23-39/h12-29,36,41,43-46H,30-35H2,1-11H3,(H,57,67)(H,58,63)(H,59,64)(H,60,66)/t36-,41-,43-,44-,45+,46+/m0/s1. The summed E-state index contributed by atoms with van der Waals surface area (Å²) in [6.07, 6.45) is -0.748. The second-order valence-corrected chi connectivity index (χ2v) is 21.3. The SMILES string of the molecule is COC(=O)N[C@H](C(=O)N[C@@H](Cc1ccc(-c2ccccn2)cc1)C[C@H](OC(=O)[C@H](C)NC(=O)OC(C)(C)C)[C@H](Cc1ccccc1)NC(=O)[C@@H](N1CCN(Cc2ccccc2)C1=O)C(C)(C)C)C(C)(C)C. The van der Waals surface area contributed by atoms with Crippen molar-refractivity contribution in [1.29, 1.82) is 0 Å². The summed E-state index contributed by atoms with van der Waals surface area (Å²) in [4.78, 5) is 91.6. The number of alkyl carbamates (subject to hydrolysis) is 2. The van der Waals surface area contributed by atoms with Gasteiger partial charge in [0.2, 0.25) is 11.8 Å². The molecule has 0 spiro atoms. The van der Waals surface area contributed by atoms with Crippen molar-refractivity contribution in [2.45, 2.75) is 137 Å². The maximum Gasteiger partial charge on any atom is 0.408 e. The number of esters is 1. The molecular weight excluding hydrogens is 903 g/mol. The van der Waals surface area contributed by atoms with Crippen LogP contribution in [0.5, 0.6) is 0 Å². The Kier molecular flexibility index (Phi) is 18.8. The number of aromatic nitrogens is 1. The van der Waals surface area contributed by atoms with E-state index in [1.54, 1.807) is 36.8 Å². The molecule has 0 saturated carbocycles. The number of benzene rings is 3. The molecule has 3 aromatic carbocycles. The monoisotopic (exact) mass is 976 g/mol. The summed E-state index contributed by atoms with van der Waals surface area (Å²) in [5.41, 5.74) is 1.84. The molecule has 16 heteroatoms. The summed E-state index contributed by atoms with van der Waals surface area (Å²) >= 11 is 0. The topological polar surface area (TPSA) is 198 Å². The Morgan fingerprint density at radius 3 is 1.83 bits per heavy atom. The number of nitrogens with one attached hydrogen (secondary N) is 4. The fourth-order valence-electron chi connectivity index (χ4n) is 8.53. The molecular formula is C55H73N7O9. The smallest absolute Gasteiger partial charge is 0.408 e. The number of urea groups is 1. The maximum absolute atomic E-state index is 15.2. The first-order valence-electron chi connectivity index (χ1n) is 24.2. The number of pyridine rings is 1. The van der Waals surface area contributed by atoms with Crippen LogP contribution in [0.4, 0.5) is 14.4 Å². The predicted octanol–water partition coefficient (Wildman–Crippen LogP) is 7.84. The highest BCUT2D eigenvalue weighted by Crippen LogP contribution is 2.30. The van der Waals surface area contributed by atoms with Gasteiger partial charge < -0.3 is 45.3 Å². The van der Waals surface area contributed by atoms with E-state index >= 15 is 4.79 Å². The van der Waals surface area contributed by atoms with E-state index in [2.05, 4.69) is 26.3 Å². The van der Waals surface area contributed by atoms with Gasteiger partial charge in [0.05, 0.1) is 18.8 Å². The van der Waals surface area contributed by atoms with Crippen molar-refractivity contribution in [2.75, 3.05) is 20.2 Å². The second-order valence-electron chi connectivity index (χ2n) is 21.3. The van der Waals surface area contributed by atoms with Crippen molar-refractivity contribution in [3.63, 3.8) is 0 Å². The number of ether oxygens (including phenoxy) is 3. The summed E-state index contributed by atoms with van der Waals surface area (Å²) in [7, 11) is 1.22. The van der Waals surface area contributed by atoms with Gasteiger partial charge in [0.15, 0.2) is 0 Å². The number of amides is 6. The van der Waals surface area contributed by atoms with Crippen molar-refractivity contribution in [3.05, 3.63) is 126 Å². The number of rotatable bonds is 19. The van der Waals surface area contributed by atoms with Gasteiger partial charge in [-0.25, -0.2) is 19.2 Å². The molecule has 71 heavy (non-hydrogen) atoms. The minimum Gasteiger partial charge on any atom is -0.459 e. The van der Waals surface area contributed by atoms with Crippen LogP contribution in [-0.4, -0.2) is 113 Å². The summed E-state index contributed by atoms with van der Waals surface area (Å²) in [5.74, 6) is -1.81. The first-order chi connectivity index (χ1) is 33.4. The third kappa shape index (κ3) is 16.6. The average molecular weight is 976 g/mol. The van der Waals surface area contributed by atoms with Crippen LogP contribution in [0.2, 0.25) is 0 Å². The molecule has 1 aliphatic rings. The molecule has 0 unspecified atom stereocenters. The van der Waals surface area contributed by atoms with E-state index in [0.29, 0.717) is 19.6 Å². The van der Waals surface area contributed by atoms with Gasteiger partial charge in [-0.15, -0.1) is 0 Å². The van der Waals surface area contributed by atoms with Gasteiger partial charge in [-0.2, -0.15) is 0 Å². The Bertz CT molecular complexity index is 2400. The third-order valence-electron chi connectivity index (χ3n) is 12.0. The molecule has 4 aromatic rings. The van der Waals surface area contributed by atoms with E-state index in [4.69, 9.17) is 14.2 Å². The molecule has 6 atom stereocenters. The van der Waals surface area contributed by atoms with Crippen LogP contribution in [0.3, 0.4) is 0 Å². The molecule has 1 aromatic heterocycles. The molecule has 1 saturated heterocycles. The van der Waals surface area contributed by atoms with Gasteiger partial charge in [-0.3, -0.25) is 14.6 Å². The molecule has 16 nitrogen and oxygen atoms in total. The number of carbonyl (C=O) groups is 6. The van der Waals surface area contributed by atoms with Crippen molar-refractivity contribution < 1.29 is 43.0 Å². The Hall–Kier alpha value is -6.97. The molecule has 2 heterocycles. The Morgan fingerprint density at radius 2 is 1.27 bits per heavy atom. The fraction of sp³-hybridized carbons (Fsp3) is 0.473. The molecule has 1 aliphatic heterocycles. The molecule has 0 radical (unpaired) electrons. The Morgan fingerprint density at radius 1 is 0.662 bits per heavy atom. The van der Waals surface area contributed by atoms with Gasteiger partial charge in [0.25, 0.3) is 0 Å². The zero-order valence-corrected chi connectivity index (χ0v) is 43.1. The van der Waals surface area contributed by atoms with Crippen LogP contribution in [-0.2, 0) is 48.0 Å². The number of hydrogen-bond donors (Lipinski definition) is 4. The normalized spacial score (nSPS) is 15.6. The van der Waals surface area contributed by atoms with Gasteiger partial charge in [0.1, 0.15) is 29.8 Å². The fourth-order valence-corrected chi connectivity index (χ4v) is 8.53. The quantitative estimate of drug-likeness (QED) is 0.0531. The van der Waals surface area contributed by atoms with Crippen LogP contribution >= 0.6 is 0 Å². The predicted molar refractivity (Wildman–Crippen MR) is 272 cm³/mol. The van der Waals surface area contributed by atoms with E-state index in [0.717, 1.165) is 27.9 Å². The first-order valence-corrected chi connectivity index (χ1v) is 24.2. The highest BCUT2D eigenvalue weighted by molar-refractivity contribution is 5.89. The minimum atomic E-state index is -1.21. The number of carbonyl (C=O) groups excluding carboxylic acids is 6. The largest absolute Gasteiger partial charge is 0.459 e. The Balaban J connectivity index is 1.58. The minimum absolute atomic E-state index is 0.0564. The van der Waals surface area contributed by atoms with Crippen LogP contribution in [0.1, 0.15) is 92.3 Å². The molecule has 0 aliphatic carbocycles. The van der Waals surface area contributed by atoms with Crippen molar-refractivity contribution >= 4 is 36.0 Å². The van der Waals surface area contributed by atoms with Gasteiger partial charge >= 0.3 is 24.2 Å². The maximum atomic E-state index is 15.2. The summed E-state index contributed by atoms with van der Waals surface area (Å²) in [6.45, 7) is 18.8. The van der Waals surface area contributed by atoms with Crippen molar-refractivity contribution in [2.24, 2.45) is 10.8 Å². The Labute approximate surface area is 419 Å². The summed E-state index contributed by atoms with van der Waals surface area (Å²) in [5, 5.41) is 11.7. The summed E-state index contributed by atoms with van der Waals surface area (Å²) < 4.78 is 16.8. The van der Waals surface area contributed by atoms with E-state index in [1.165, 1.54) is 14.0 Å². The van der Waals surface area contributed by atoms with Gasteiger partial charge in [-0.1, -0.05) is 133 Å². The van der Waals surface area contributed by atoms with E-state index < -0.39 is 82.7 Å². The lowest BCUT2D eigenvalue weighted by Crippen LogP contribution is -2.60. The van der Waals surface area contributed by atoms with E-state index in [9.17, 15) is 24.0 Å². The van der Waals surface area contributed by atoms with Crippen LogP contribution in [0.15, 0.2) is 109 Å². The highest BCUT2D eigenvalue weighted by Gasteiger charge is 2.45. The van der Waals surface area contributed by atoms with Crippen molar-refractivity contribution in [1.82, 2.24) is 36.1 Å². The van der Waals surface area contributed by atoms with Crippen molar-refractivity contribution in [3.8, 4) is 11.3 Å². The number of methoxy groups -OCH3 is 1. The first kappa shape index (κ1) is 55.0. The second kappa shape index (κ2) is 24.2. The molecule has 0 bridgehead atoms. The van der Waals surface area contributed by atoms with Gasteiger partial charge in [-0.05, 0) is 80.2 Å². The molecule has 382 valence electrons. The highest BCUT2D eigenvalue weighted by atomic mass is 16.6. The van der Waals surface area contributed by atoms with Crippen LogP contribution in [0, 0.1) is 10.8 Å². The van der Waals surface area contributed by atoms with Crippen LogP contribution in [0.25, 0.3) is 11.3 Å². The van der Waals surface area contributed by atoms with E-state index in [1.807, 2.05) is 145 Å². The lowest BCUT2D eigenvalue weighted by molar-refractivity contribution is -0.154. The molecule has 5 rings (SSSR count). The summed E-state index contributed by atoms with van der Waals surface area (Å²) in [6, 6.07) is 27.2. The lowest BCUT2D eigenvalue weighted by atomic mass is 9.84. The van der Waals surface area contributed by atoms with Gasteiger partial charge in [0, 0.05) is 43.9 Å². The average Bonchev–Trinajstić information content (AvgIpc) is 3.64.